The number of H-pyrrole nitrogens is 1. The van der Waals surface area contributed by atoms with Crippen LogP contribution < -0.4 is 20.9 Å². The zero-order valence-corrected chi connectivity index (χ0v) is 22.8. The Labute approximate surface area is 218 Å². The van der Waals surface area contributed by atoms with Crippen LogP contribution in [0.25, 0.3) is 0 Å². The second kappa shape index (κ2) is 11.6. The van der Waals surface area contributed by atoms with E-state index in [1.54, 1.807) is 32.9 Å². The smallest absolute Gasteiger partial charge is 0.330 e. The molecule has 12 nitrogen and oxygen atoms in total. The van der Waals surface area contributed by atoms with E-state index < -0.39 is 53.9 Å². The molecule has 1 aliphatic rings. The fourth-order valence-corrected chi connectivity index (χ4v) is 6.13. The van der Waals surface area contributed by atoms with Crippen LogP contribution >= 0.6 is 6.64 Å². The van der Waals surface area contributed by atoms with Crippen molar-refractivity contribution in [3.8, 4) is 5.75 Å². The predicted molar refractivity (Wildman–Crippen MR) is 138 cm³/mol. The SMILES string of the molecule is Cc1ccccc1OP(=S)(NC(C)C(=O)OC(C)C)OCC1OC(n2ccc(=O)[nH]c2=O)C(C)(O)C1O. The Kier molecular flexibility index (Phi) is 9.12. The van der Waals surface area contributed by atoms with E-state index in [2.05, 4.69) is 10.1 Å². The zero-order chi connectivity index (χ0) is 27.5. The number of benzene rings is 1. The van der Waals surface area contributed by atoms with Gasteiger partial charge in [0.1, 0.15) is 29.6 Å². The third kappa shape index (κ3) is 6.94. The number of aliphatic hydroxyl groups excluding tert-OH is 1. The van der Waals surface area contributed by atoms with E-state index in [0.717, 1.165) is 22.4 Å². The Morgan fingerprint density at radius 2 is 1.97 bits per heavy atom. The summed E-state index contributed by atoms with van der Waals surface area (Å²) in [5.74, 6) is -0.126. The first kappa shape index (κ1) is 29.2. The Balaban J connectivity index is 1.83. The first-order valence-corrected chi connectivity index (χ1v) is 14.2. The normalized spacial score (nSPS) is 26.0. The monoisotopic (exact) mass is 557 g/mol. The maximum Gasteiger partial charge on any atom is 0.330 e. The van der Waals surface area contributed by atoms with Gasteiger partial charge in [-0.05, 0) is 58.1 Å². The fraction of sp³-hybridized carbons (Fsp3) is 0.522. The number of ether oxygens (including phenoxy) is 2. The van der Waals surface area contributed by atoms with Gasteiger partial charge in [-0.25, -0.2) is 9.88 Å². The van der Waals surface area contributed by atoms with Crippen molar-refractivity contribution in [1.29, 1.82) is 0 Å². The lowest BCUT2D eigenvalue weighted by atomic mass is 9.96. The Morgan fingerprint density at radius 1 is 1.30 bits per heavy atom. The van der Waals surface area contributed by atoms with Gasteiger partial charge in [-0.2, -0.15) is 0 Å². The minimum Gasteiger partial charge on any atom is -0.462 e. The molecule has 6 atom stereocenters. The van der Waals surface area contributed by atoms with Crippen molar-refractivity contribution in [3.05, 3.63) is 62.9 Å². The molecule has 14 heteroatoms. The Hall–Kier alpha value is -2.38. The third-order valence-electron chi connectivity index (χ3n) is 5.64. The van der Waals surface area contributed by atoms with E-state index in [0.29, 0.717) is 5.75 Å². The molecule has 1 saturated heterocycles. The molecule has 1 fully saturated rings. The highest BCUT2D eigenvalue weighted by atomic mass is 32.5. The molecule has 0 spiro atoms. The van der Waals surface area contributed by atoms with Crippen LogP contribution in [0.2, 0.25) is 0 Å². The Morgan fingerprint density at radius 3 is 2.59 bits per heavy atom. The van der Waals surface area contributed by atoms with Gasteiger partial charge >= 0.3 is 18.3 Å². The van der Waals surface area contributed by atoms with Crippen molar-refractivity contribution >= 4 is 24.4 Å². The average molecular weight is 558 g/mol. The molecule has 1 aromatic carbocycles. The van der Waals surface area contributed by atoms with Crippen molar-refractivity contribution < 1.29 is 33.5 Å². The van der Waals surface area contributed by atoms with Crippen molar-refractivity contribution in [1.82, 2.24) is 14.6 Å². The molecule has 6 unspecified atom stereocenters. The maximum atomic E-state index is 12.4. The van der Waals surface area contributed by atoms with Crippen LogP contribution in [0.4, 0.5) is 0 Å². The number of carbonyl (C=O) groups is 1. The van der Waals surface area contributed by atoms with Gasteiger partial charge in [0.2, 0.25) is 0 Å². The fourth-order valence-electron chi connectivity index (χ4n) is 3.66. The van der Waals surface area contributed by atoms with Gasteiger partial charge in [0.05, 0.1) is 12.7 Å². The molecule has 204 valence electrons. The van der Waals surface area contributed by atoms with E-state index in [-0.39, 0.29) is 12.7 Å². The number of hydrogen-bond donors (Lipinski definition) is 4. The van der Waals surface area contributed by atoms with E-state index >= 15 is 0 Å². The van der Waals surface area contributed by atoms with Crippen LogP contribution in [0.15, 0.2) is 46.1 Å². The van der Waals surface area contributed by atoms with Gasteiger partial charge in [0.25, 0.3) is 5.56 Å². The highest BCUT2D eigenvalue weighted by molar-refractivity contribution is 8.09. The number of aromatic nitrogens is 2. The zero-order valence-electron chi connectivity index (χ0n) is 21.1. The molecule has 4 N–H and O–H groups in total. The number of aromatic amines is 1. The topological polar surface area (TPSA) is 161 Å². The summed E-state index contributed by atoms with van der Waals surface area (Å²) in [5, 5.41) is 24.6. The van der Waals surface area contributed by atoms with Gasteiger partial charge in [-0.1, -0.05) is 18.2 Å². The lowest BCUT2D eigenvalue weighted by Crippen LogP contribution is -2.47. The van der Waals surface area contributed by atoms with Crippen LogP contribution in [-0.2, 0) is 30.6 Å². The molecule has 2 heterocycles. The van der Waals surface area contributed by atoms with Gasteiger partial charge < -0.3 is 28.7 Å². The number of aliphatic hydroxyl groups is 2. The van der Waals surface area contributed by atoms with Gasteiger partial charge in [-0.15, -0.1) is 0 Å². The molecule has 0 amide bonds. The van der Waals surface area contributed by atoms with Crippen molar-refractivity contribution in [2.24, 2.45) is 0 Å². The summed E-state index contributed by atoms with van der Waals surface area (Å²) in [4.78, 5) is 38.2. The summed E-state index contributed by atoms with van der Waals surface area (Å²) in [6, 6.07) is 7.30. The number of hydrogen-bond acceptors (Lipinski definition) is 10. The van der Waals surface area contributed by atoms with Crippen LogP contribution in [0.1, 0.15) is 39.5 Å². The van der Waals surface area contributed by atoms with E-state index in [1.807, 2.05) is 19.1 Å². The highest BCUT2D eigenvalue weighted by Crippen LogP contribution is 2.47. The lowest BCUT2D eigenvalue weighted by Gasteiger charge is -2.29. The number of nitrogens with one attached hydrogen (secondary N) is 2. The minimum absolute atomic E-state index is 0.342. The second-order valence-electron chi connectivity index (χ2n) is 9.20. The number of nitrogens with zero attached hydrogens (tertiary/aromatic N) is 1. The van der Waals surface area contributed by atoms with Gasteiger partial charge in [0.15, 0.2) is 6.23 Å². The minimum atomic E-state index is -3.46. The summed E-state index contributed by atoms with van der Waals surface area (Å²) < 4.78 is 24.0. The number of rotatable bonds is 10. The molecule has 37 heavy (non-hydrogen) atoms. The van der Waals surface area contributed by atoms with Gasteiger partial charge in [0, 0.05) is 12.3 Å². The lowest BCUT2D eigenvalue weighted by molar-refractivity contribution is -0.149. The van der Waals surface area contributed by atoms with E-state index in [9.17, 15) is 24.6 Å². The molecule has 0 radical (unpaired) electrons. The summed E-state index contributed by atoms with van der Waals surface area (Å²) >= 11 is 5.69. The molecule has 2 aromatic rings. The van der Waals surface area contributed by atoms with Gasteiger partial charge in [-0.3, -0.25) is 19.1 Å². The first-order valence-electron chi connectivity index (χ1n) is 11.6. The number of esters is 1. The molecular formula is C23H32N3O9PS. The first-order chi connectivity index (χ1) is 17.2. The maximum absolute atomic E-state index is 12.4. The summed E-state index contributed by atoms with van der Waals surface area (Å²) in [7, 11) is 0. The van der Waals surface area contributed by atoms with E-state index in [4.69, 9.17) is 30.3 Å². The van der Waals surface area contributed by atoms with Crippen molar-refractivity contribution in [2.75, 3.05) is 6.61 Å². The highest BCUT2D eigenvalue weighted by Gasteiger charge is 2.54. The Bertz CT molecular complexity index is 1280. The number of carbonyl (C=O) groups excluding carboxylic acids is 1. The standard InChI is InChI=1S/C23H32N3O9PS/c1-13(2)33-20(29)15(4)25-36(37,35-16-9-7-6-8-14(16)3)32-12-17-19(28)23(5,31)21(34-17)26-11-10-18(27)24-22(26)30/h6-11,13,15,17,19,21,28,31H,12H2,1-5H3,(H,25,37)(H,24,27,30). The predicted octanol–water partition coefficient (Wildman–Crippen LogP) is 1.10. The average Bonchev–Trinajstić information content (AvgIpc) is 3.02. The third-order valence-corrected chi connectivity index (χ3v) is 8.12. The molecule has 1 aromatic heterocycles. The molecule has 0 aliphatic carbocycles. The quantitative estimate of drug-likeness (QED) is 0.245. The van der Waals surface area contributed by atoms with Crippen molar-refractivity contribution in [2.45, 2.75) is 70.8 Å². The van der Waals surface area contributed by atoms with Crippen molar-refractivity contribution in [3.63, 3.8) is 0 Å². The van der Waals surface area contributed by atoms with Crippen LogP contribution in [0.5, 0.6) is 5.75 Å². The molecule has 1 aliphatic heterocycles. The summed E-state index contributed by atoms with van der Waals surface area (Å²) in [5.41, 5.74) is -2.59. The molecule has 0 bridgehead atoms. The summed E-state index contributed by atoms with van der Waals surface area (Å²) in [6.45, 7) is 4.30. The number of para-hydroxylation sites is 1. The molecular weight excluding hydrogens is 525 g/mol. The van der Waals surface area contributed by atoms with Crippen LogP contribution in [0, 0.1) is 6.92 Å². The molecule has 3 rings (SSSR count). The largest absolute Gasteiger partial charge is 0.462 e. The van der Waals surface area contributed by atoms with E-state index in [1.165, 1.54) is 6.92 Å². The second-order valence-corrected chi connectivity index (χ2v) is 12.3. The van der Waals surface area contributed by atoms with Crippen LogP contribution in [-0.4, -0.2) is 62.3 Å². The van der Waals surface area contributed by atoms with Crippen LogP contribution in [0.3, 0.4) is 0 Å². The number of aryl methyl sites for hydroxylation is 1. The molecule has 0 saturated carbocycles. The summed E-state index contributed by atoms with van der Waals surface area (Å²) in [6.07, 6.45) is -3.15.